The molecular weight excluding hydrogens is 332 g/mol. The zero-order valence-corrected chi connectivity index (χ0v) is 14.5. The molecule has 4 nitrogen and oxygen atoms in total. The summed E-state index contributed by atoms with van der Waals surface area (Å²) in [5.74, 6) is -0.305. The Balaban J connectivity index is 1.87. The highest BCUT2D eigenvalue weighted by molar-refractivity contribution is 8.15. The third-order valence-electron chi connectivity index (χ3n) is 3.78. The standard InChI is InChI=1S/C14H19ClO4S2/c1-14(2)7-5-10(6-8-14)19-12(16)9-11-3-4-13(20-11)21(15,17)18/h3-4,10H,5-9H2,1-2H3. The summed E-state index contributed by atoms with van der Waals surface area (Å²) < 4.78 is 27.9. The minimum absolute atomic E-state index is 0.0123. The maximum Gasteiger partial charge on any atom is 0.311 e. The molecule has 0 aliphatic heterocycles. The molecule has 1 aliphatic rings. The van der Waals surface area contributed by atoms with Crippen LogP contribution in [0, 0.1) is 5.41 Å². The van der Waals surface area contributed by atoms with Gasteiger partial charge >= 0.3 is 5.97 Å². The van der Waals surface area contributed by atoms with E-state index < -0.39 is 9.05 Å². The number of esters is 1. The average Bonchev–Trinajstić information content (AvgIpc) is 2.80. The second-order valence-electron chi connectivity index (χ2n) is 6.19. The maximum atomic E-state index is 11.9. The van der Waals surface area contributed by atoms with Gasteiger partial charge in [-0.15, -0.1) is 11.3 Å². The number of carbonyl (C=O) groups is 1. The van der Waals surface area contributed by atoms with Crippen LogP contribution in [-0.2, 0) is 25.0 Å². The molecule has 1 heterocycles. The van der Waals surface area contributed by atoms with Gasteiger partial charge in [-0.25, -0.2) is 8.42 Å². The van der Waals surface area contributed by atoms with Gasteiger partial charge in [0.2, 0.25) is 0 Å². The minimum Gasteiger partial charge on any atom is -0.462 e. The van der Waals surface area contributed by atoms with Gasteiger partial charge in [0, 0.05) is 15.6 Å². The van der Waals surface area contributed by atoms with Gasteiger partial charge in [0.25, 0.3) is 9.05 Å². The number of hydrogen-bond acceptors (Lipinski definition) is 5. The summed E-state index contributed by atoms with van der Waals surface area (Å²) in [7, 11) is 1.54. The molecule has 1 aromatic heterocycles. The van der Waals surface area contributed by atoms with Crippen molar-refractivity contribution in [3.05, 3.63) is 17.0 Å². The first-order valence-electron chi connectivity index (χ1n) is 6.89. The summed E-state index contributed by atoms with van der Waals surface area (Å²) in [6.45, 7) is 4.45. The predicted octanol–water partition coefficient (Wildman–Crippen LogP) is 3.73. The second-order valence-corrected chi connectivity index (χ2v) is 10.1. The Morgan fingerprint density at radius 1 is 1.38 bits per heavy atom. The molecule has 7 heteroatoms. The zero-order valence-electron chi connectivity index (χ0n) is 12.1. The van der Waals surface area contributed by atoms with Gasteiger partial charge in [0.05, 0.1) is 6.42 Å². The lowest BCUT2D eigenvalue weighted by atomic mass is 9.76. The van der Waals surface area contributed by atoms with Gasteiger partial charge in [-0.05, 0) is 43.2 Å². The molecular formula is C14H19ClO4S2. The van der Waals surface area contributed by atoms with Crippen LogP contribution in [-0.4, -0.2) is 20.5 Å². The van der Waals surface area contributed by atoms with E-state index in [4.69, 9.17) is 15.4 Å². The monoisotopic (exact) mass is 350 g/mol. The Labute approximate surface area is 133 Å². The van der Waals surface area contributed by atoms with E-state index in [9.17, 15) is 13.2 Å². The lowest BCUT2D eigenvalue weighted by molar-refractivity contribution is -0.150. The highest BCUT2D eigenvalue weighted by Gasteiger charge is 2.28. The Kier molecular flexibility index (Phi) is 5.00. The molecule has 0 saturated heterocycles. The topological polar surface area (TPSA) is 60.4 Å². The maximum absolute atomic E-state index is 11.9. The Morgan fingerprint density at radius 2 is 2.00 bits per heavy atom. The fourth-order valence-electron chi connectivity index (χ4n) is 2.44. The van der Waals surface area contributed by atoms with Crippen LogP contribution in [0.4, 0.5) is 0 Å². The molecule has 0 spiro atoms. The lowest BCUT2D eigenvalue weighted by Gasteiger charge is -2.33. The van der Waals surface area contributed by atoms with Gasteiger partial charge in [0.15, 0.2) is 0 Å². The first kappa shape index (κ1) is 16.8. The fraction of sp³-hybridized carbons (Fsp3) is 0.643. The van der Waals surface area contributed by atoms with Crippen LogP contribution >= 0.6 is 22.0 Å². The zero-order chi connectivity index (χ0) is 15.7. The molecule has 1 aliphatic carbocycles. The van der Waals surface area contributed by atoms with Crippen molar-refractivity contribution in [3.63, 3.8) is 0 Å². The summed E-state index contributed by atoms with van der Waals surface area (Å²) in [5, 5.41) is 0. The fourth-order valence-corrected chi connectivity index (χ4v) is 4.55. The van der Waals surface area contributed by atoms with Crippen molar-refractivity contribution < 1.29 is 17.9 Å². The molecule has 0 unspecified atom stereocenters. The van der Waals surface area contributed by atoms with Crippen molar-refractivity contribution in [2.75, 3.05) is 0 Å². The van der Waals surface area contributed by atoms with E-state index in [1.54, 1.807) is 6.07 Å². The second kappa shape index (κ2) is 6.26. The van der Waals surface area contributed by atoms with Crippen LogP contribution in [0.1, 0.15) is 44.4 Å². The van der Waals surface area contributed by atoms with Gasteiger partial charge in [0.1, 0.15) is 10.3 Å². The Bertz CT molecular complexity index is 609. The van der Waals surface area contributed by atoms with E-state index >= 15 is 0 Å². The quantitative estimate of drug-likeness (QED) is 0.613. The number of thiophene rings is 1. The van der Waals surface area contributed by atoms with Crippen LogP contribution in [0.25, 0.3) is 0 Å². The first-order chi connectivity index (χ1) is 9.66. The molecule has 0 N–H and O–H groups in total. The number of hydrogen-bond donors (Lipinski definition) is 0. The van der Waals surface area contributed by atoms with E-state index in [-0.39, 0.29) is 22.7 Å². The number of carbonyl (C=O) groups excluding carboxylic acids is 1. The van der Waals surface area contributed by atoms with Crippen LogP contribution in [0.15, 0.2) is 16.3 Å². The van der Waals surface area contributed by atoms with E-state index in [2.05, 4.69) is 13.8 Å². The molecule has 1 saturated carbocycles. The third kappa shape index (κ3) is 4.97. The van der Waals surface area contributed by atoms with Crippen molar-refractivity contribution >= 4 is 37.0 Å². The van der Waals surface area contributed by atoms with Crippen LogP contribution in [0.3, 0.4) is 0 Å². The van der Waals surface area contributed by atoms with Crippen molar-refractivity contribution in [3.8, 4) is 0 Å². The number of ether oxygens (including phenoxy) is 1. The minimum atomic E-state index is -3.72. The van der Waals surface area contributed by atoms with Crippen molar-refractivity contribution in [2.45, 2.75) is 56.3 Å². The smallest absolute Gasteiger partial charge is 0.311 e. The third-order valence-corrected chi connectivity index (χ3v) is 6.96. The summed E-state index contributed by atoms with van der Waals surface area (Å²) in [6.07, 6.45) is 3.98. The van der Waals surface area contributed by atoms with Crippen molar-refractivity contribution in [1.82, 2.24) is 0 Å². The molecule has 21 heavy (non-hydrogen) atoms. The van der Waals surface area contributed by atoms with Gasteiger partial charge in [-0.3, -0.25) is 4.79 Å². The molecule has 1 fully saturated rings. The molecule has 0 atom stereocenters. The summed E-state index contributed by atoms with van der Waals surface area (Å²) in [6, 6.07) is 3.02. The molecule has 0 bridgehead atoms. The van der Waals surface area contributed by atoms with Crippen LogP contribution < -0.4 is 0 Å². The molecule has 0 radical (unpaired) electrons. The predicted molar refractivity (Wildman–Crippen MR) is 83.2 cm³/mol. The SMILES string of the molecule is CC1(C)CCC(OC(=O)Cc2ccc(S(=O)(=O)Cl)s2)CC1. The molecule has 0 amide bonds. The normalized spacial score (nSPS) is 19.4. The van der Waals surface area contributed by atoms with Gasteiger partial charge < -0.3 is 4.74 Å². The lowest BCUT2D eigenvalue weighted by Crippen LogP contribution is -2.28. The highest BCUT2D eigenvalue weighted by atomic mass is 35.7. The highest BCUT2D eigenvalue weighted by Crippen LogP contribution is 2.36. The van der Waals surface area contributed by atoms with Crippen molar-refractivity contribution in [2.24, 2.45) is 5.41 Å². The molecule has 118 valence electrons. The van der Waals surface area contributed by atoms with Gasteiger partial charge in [-0.1, -0.05) is 13.8 Å². The van der Waals surface area contributed by atoms with Gasteiger partial charge in [-0.2, -0.15) is 0 Å². The molecule has 1 aromatic rings. The van der Waals surface area contributed by atoms with E-state index in [1.165, 1.54) is 6.07 Å². The van der Waals surface area contributed by atoms with Crippen LogP contribution in [0.2, 0.25) is 0 Å². The number of halogens is 1. The Morgan fingerprint density at radius 3 is 2.52 bits per heavy atom. The average molecular weight is 351 g/mol. The number of rotatable bonds is 4. The summed E-state index contributed by atoms with van der Waals surface area (Å²) in [5.41, 5.74) is 0.334. The molecule has 2 rings (SSSR count). The first-order valence-corrected chi connectivity index (χ1v) is 10.0. The largest absolute Gasteiger partial charge is 0.462 e. The van der Waals surface area contributed by atoms with E-state index in [0.717, 1.165) is 37.0 Å². The van der Waals surface area contributed by atoms with E-state index in [1.807, 2.05) is 0 Å². The van der Waals surface area contributed by atoms with E-state index in [0.29, 0.717) is 10.3 Å². The van der Waals surface area contributed by atoms with Crippen LogP contribution in [0.5, 0.6) is 0 Å². The summed E-state index contributed by atoms with van der Waals surface area (Å²) in [4.78, 5) is 12.6. The Hall–Kier alpha value is -0.590. The molecule has 0 aromatic carbocycles. The summed E-state index contributed by atoms with van der Waals surface area (Å²) >= 11 is 1.01. The van der Waals surface area contributed by atoms with Crippen molar-refractivity contribution in [1.29, 1.82) is 0 Å².